The number of hydrogen-bond acceptors (Lipinski definition) is 4. The van der Waals surface area contributed by atoms with Crippen LogP contribution in [0.15, 0.2) is 53.6 Å². The Morgan fingerprint density at radius 2 is 1.62 bits per heavy atom. The Labute approximate surface area is 150 Å². The molecule has 26 heavy (non-hydrogen) atoms. The average Bonchev–Trinajstić information content (AvgIpc) is 3.03. The van der Waals surface area contributed by atoms with Gasteiger partial charge in [0, 0.05) is 0 Å². The van der Waals surface area contributed by atoms with Gasteiger partial charge in [-0.1, -0.05) is 41.1 Å². The molecule has 0 bridgehead atoms. The van der Waals surface area contributed by atoms with Gasteiger partial charge in [0.25, 0.3) is 5.56 Å². The summed E-state index contributed by atoms with van der Waals surface area (Å²) < 4.78 is 3.18. The van der Waals surface area contributed by atoms with Gasteiger partial charge in [-0.2, -0.15) is 4.68 Å². The van der Waals surface area contributed by atoms with Gasteiger partial charge < -0.3 is 0 Å². The van der Waals surface area contributed by atoms with Crippen LogP contribution < -0.4 is 5.56 Å². The first-order valence-corrected chi connectivity index (χ1v) is 8.46. The van der Waals surface area contributed by atoms with Crippen molar-refractivity contribution in [3.8, 4) is 5.69 Å². The summed E-state index contributed by atoms with van der Waals surface area (Å²) >= 11 is 0. The van der Waals surface area contributed by atoms with Gasteiger partial charge in [0.05, 0.1) is 12.2 Å². The molecule has 0 saturated carbocycles. The van der Waals surface area contributed by atoms with Crippen LogP contribution in [-0.4, -0.2) is 24.5 Å². The maximum absolute atomic E-state index is 12.8. The van der Waals surface area contributed by atoms with Gasteiger partial charge in [0.2, 0.25) is 0 Å². The summed E-state index contributed by atoms with van der Waals surface area (Å²) in [5.74, 6) is 0. The molecule has 4 rings (SSSR count). The molecule has 2 heterocycles. The number of benzene rings is 2. The van der Waals surface area contributed by atoms with Crippen molar-refractivity contribution in [3.63, 3.8) is 0 Å². The lowest BCUT2D eigenvalue weighted by molar-refractivity contribution is 0.745. The average molecular weight is 345 g/mol. The van der Waals surface area contributed by atoms with Crippen LogP contribution in [-0.2, 0) is 6.54 Å². The standard InChI is InChI=1S/C20H19N5O/c1-13-4-6-16(7-5-13)11-24-12-21-19-18(20(24)26)22-23-25(19)17-9-14(2)8-15(3)10-17/h4-10,12H,11H2,1-3H3. The molecule has 0 N–H and O–H groups in total. The first-order chi connectivity index (χ1) is 12.5. The van der Waals surface area contributed by atoms with Crippen LogP contribution in [0, 0.1) is 20.8 Å². The highest BCUT2D eigenvalue weighted by Gasteiger charge is 2.14. The molecule has 6 heteroatoms. The lowest BCUT2D eigenvalue weighted by Gasteiger charge is -2.07. The second kappa shape index (κ2) is 6.22. The van der Waals surface area contributed by atoms with Gasteiger partial charge in [0.15, 0.2) is 11.2 Å². The van der Waals surface area contributed by atoms with Gasteiger partial charge >= 0.3 is 0 Å². The van der Waals surface area contributed by atoms with E-state index in [1.54, 1.807) is 15.6 Å². The maximum Gasteiger partial charge on any atom is 0.283 e. The highest BCUT2D eigenvalue weighted by molar-refractivity contribution is 5.70. The molecule has 0 aliphatic rings. The summed E-state index contributed by atoms with van der Waals surface area (Å²) in [4.78, 5) is 17.2. The molecular formula is C20H19N5O. The smallest absolute Gasteiger partial charge is 0.283 e. The molecule has 0 amide bonds. The van der Waals surface area contributed by atoms with Crippen LogP contribution in [0.25, 0.3) is 16.9 Å². The molecule has 130 valence electrons. The minimum absolute atomic E-state index is 0.189. The van der Waals surface area contributed by atoms with E-state index in [2.05, 4.69) is 21.4 Å². The number of aryl methyl sites for hydroxylation is 3. The molecule has 6 nitrogen and oxygen atoms in total. The van der Waals surface area contributed by atoms with Gasteiger partial charge in [-0.25, -0.2) is 4.98 Å². The quantitative estimate of drug-likeness (QED) is 0.573. The zero-order chi connectivity index (χ0) is 18.3. The van der Waals surface area contributed by atoms with Crippen molar-refractivity contribution >= 4 is 11.2 Å². The van der Waals surface area contributed by atoms with Crippen molar-refractivity contribution in [2.24, 2.45) is 0 Å². The molecular weight excluding hydrogens is 326 g/mol. The third-order valence-corrected chi connectivity index (χ3v) is 4.35. The molecule has 0 aliphatic carbocycles. The van der Waals surface area contributed by atoms with Gasteiger partial charge in [-0.05, 0) is 49.6 Å². The largest absolute Gasteiger partial charge is 0.293 e. The fraction of sp³-hybridized carbons (Fsp3) is 0.200. The van der Waals surface area contributed by atoms with Crippen molar-refractivity contribution in [2.75, 3.05) is 0 Å². The maximum atomic E-state index is 12.8. The Hall–Kier alpha value is -3.28. The molecule has 0 aliphatic heterocycles. The van der Waals surface area contributed by atoms with E-state index in [1.807, 2.05) is 57.2 Å². The Balaban J connectivity index is 1.78. The summed E-state index contributed by atoms with van der Waals surface area (Å²) in [5, 5.41) is 8.25. The molecule has 2 aromatic heterocycles. The van der Waals surface area contributed by atoms with Crippen LogP contribution in [0.1, 0.15) is 22.3 Å². The SMILES string of the molecule is Cc1ccc(Cn2cnc3c(nnn3-c3cc(C)cc(C)c3)c2=O)cc1. The van der Waals surface area contributed by atoms with E-state index in [1.165, 1.54) is 5.56 Å². The van der Waals surface area contributed by atoms with Crippen LogP contribution in [0.5, 0.6) is 0 Å². The molecule has 0 fully saturated rings. The topological polar surface area (TPSA) is 65.6 Å². The van der Waals surface area contributed by atoms with Crippen molar-refractivity contribution in [1.82, 2.24) is 24.5 Å². The van der Waals surface area contributed by atoms with E-state index in [0.717, 1.165) is 22.4 Å². The summed E-state index contributed by atoms with van der Waals surface area (Å²) in [5.41, 5.74) is 5.89. The number of fused-ring (bicyclic) bond motifs is 1. The fourth-order valence-corrected chi connectivity index (χ4v) is 3.09. The first kappa shape index (κ1) is 16.2. The predicted octanol–water partition coefficient (Wildman–Crippen LogP) is 2.95. The molecule has 0 spiro atoms. The predicted molar refractivity (Wildman–Crippen MR) is 101 cm³/mol. The second-order valence-corrected chi connectivity index (χ2v) is 6.68. The minimum atomic E-state index is -0.189. The van der Waals surface area contributed by atoms with Crippen LogP contribution in [0.4, 0.5) is 0 Å². The molecule has 0 atom stereocenters. The summed E-state index contributed by atoms with van der Waals surface area (Å²) in [7, 11) is 0. The first-order valence-electron chi connectivity index (χ1n) is 8.46. The minimum Gasteiger partial charge on any atom is -0.293 e. The number of nitrogens with zero attached hydrogens (tertiary/aromatic N) is 5. The third kappa shape index (κ3) is 2.90. The lowest BCUT2D eigenvalue weighted by atomic mass is 10.1. The van der Waals surface area contributed by atoms with E-state index in [0.29, 0.717) is 12.2 Å². The zero-order valence-electron chi connectivity index (χ0n) is 15.0. The zero-order valence-corrected chi connectivity index (χ0v) is 15.0. The third-order valence-electron chi connectivity index (χ3n) is 4.35. The monoisotopic (exact) mass is 345 g/mol. The highest BCUT2D eigenvalue weighted by Crippen LogP contribution is 2.16. The normalized spacial score (nSPS) is 11.2. The van der Waals surface area contributed by atoms with Crippen molar-refractivity contribution in [1.29, 1.82) is 0 Å². The Bertz CT molecular complexity index is 1140. The van der Waals surface area contributed by atoms with Crippen LogP contribution in [0.2, 0.25) is 0 Å². The van der Waals surface area contributed by atoms with E-state index in [9.17, 15) is 4.79 Å². The van der Waals surface area contributed by atoms with E-state index in [-0.39, 0.29) is 11.1 Å². The summed E-state index contributed by atoms with van der Waals surface area (Å²) in [6.45, 7) is 6.54. The van der Waals surface area contributed by atoms with Crippen LogP contribution in [0.3, 0.4) is 0 Å². The van der Waals surface area contributed by atoms with E-state index < -0.39 is 0 Å². The van der Waals surface area contributed by atoms with Gasteiger partial charge in [0.1, 0.15) is 6.33 Å². The van der Waals surface area contributed by atoms with Crippen molar-refractivity contribution < 1.29 is 0 Å². The Morgan fingerprint density at radius 3 is 2.31 bits per heavy atom. The second-order valence-electron chi connectivity index (χ2n) is 6.68. The van der Waals surface area contributed by atoms with Crippen LogP contribution >= 0.6 is 0 Å². The van der Waals surface area contributed by atoms with Gasteiger partial charge in [-0.15, -0.1) is 5.10 Å². The van der Waals surface area contributed by atoms with E-state index >= 15 is 0 Å². The highest BCUT2D eigenvalue weighted by atomic mass is 16.1. The fourth-order valence-electron chi connectivity index (χ4n) is 3.09. The number of aromatic nitrogens is 5. The Kier molecular flexibility index (Phi) is 3.88. The number of hydrogen-bond donors (Lipinski definition) is 0. The lowest BCUT2D eigenvalue weighted by Crippen LogP contribution is -2.21. The van der Waals surface area contributed by atoms with E-state index in [4.69, 9.17) is 0 Å². The molecule has 0 saturated heterocycles. The number of rotatable bonds is 3. The summed E-state index contributed by atoms with van der Waals surface area (Å²) in [6, 6.07) is 14.2. The summed E-state index contributed by atoms with van der Waals surface area (Å²) in [6.07, 6.45) is 1.56. The molecule has 4 aromatic rings. The molecule has 2 aromatic carbocycles. The molecule has 0 unspecified atom stereocenters. The van der Waals surface area contributed by atoms with Gasteiger partial charge in [-0.3, -0.25) is 9.36 Å². The van der Waals surface area contributed by atoms with Crippen molar-refractivity contribution in [3.05, 3.63) is 81.4 Å². The molecule has 0 radical (unpaired) electrons. The Morgan fingerprint density at radius 1 is 0.923 bits per heavy atom. The van der Waals surface area contributed by atoms with Crippen molar-refractivity contribution in [2.45, 2.75) is 27.3 Å².